The van der Waals surface area contributed by atoms with Gasteiger partial charge < -0.3 is 0 Å². The molecule has 0 bridgehead atoms. The summed E-state index contributed by atoms with van der Waals surface area (Å²) in [5, 5.41) is 0. The fourth-order valence-electron chi connectivity index (χ4n) is 1.71. The summed E-state index contributed by atoms with van der Waals surface area (Å²) in [5.74, 6) is 4.81. The molecular formula is C8H12S. The van der Waals surface area contributed by atoms with E-state index in [1.54, 1.807) is 0 Å². The van der Waals surface area contributed by atoms with Crippen molar-refractivity contribution in [3.05, 3.63) is 12.2 Å². The van der Waals surface area contributed by atoms with E-state index >= 15 is 0 Å². The van der Waals surface area contributed by atoms with E-state index in [9.17, 15) is 0 Å². The third-order valence-electron chi connectivity index (χ3n) is 2.34. The molecule has 9 heavy (non-hydrogen) atoms. The van der Waals surface area contributed by atoms with Gasteiger partial charge in [0.2, 0.25) is 0 Å². The van der Waals surface area contributed by atoms with E-state index in [2.05, 4.69) is 23.9 Å². The molecule has 0 radical (unpaired) electrons. The molecule has 0 N–H and O–H groups in total. The second-order valence-corrected chi connectivity index (χ2v) is 4.04. The van der Waals surface area contributed by atoms with Gasteiger partial charge in [-0.1, -0.05) is 12.2 Å². The van der Waals surface area contributed by atoms with Crippen LogP contribution < -0.4 is 0 Å². The molecule has 2 atom stereocenters. The minimum Gasteiger partial charge on any atom is -0.161 e. The van der Waals surface area contributed by atoms with Crippen molar-refractivity contribution < 1.29 is 0 Å². The van der Waals surface area contributed by atoms with Crippen LogP contribution in [0.15, 0.2) is 12.2 Å². The van der Waals surface area contributed by atoms with Crippen LogP contribution in [-0.2, 0) is 0 Å². The standard InChI is InChI=1S/C8H12S/c1-2-4-8-6-9-5-7(8)3-1/h1,3,7-8H,2,4-6H2/t7-,8-/m0/s1. The number of hydrogen-bond donors (Lipinski definition) is 0. The predicted molar refractivity (Wildman–Crippen MR) is 42.7 cm³/mol. The smallest absolute Gasteiger partial charge is 0.000139 e. The lowest BCUT2D eigenvalue weighted by molar-refractivity contribution is 0.444. The Labute approximate surface area is 60.7 Å². The summed E-state index contributed by atoms with van der Waals surface area (Å²) in [5.41, 5.74) is 0. The summed E-state index contributed by atoms with van der Waals surface area (Å²) >= 11 is 2.13. The molecule has 0 aromatic carbocycles. The quantitative estimate of drug-likeness (QED) is 0.465. The summed E-state index contributed by atoms with van der Waals surface area (Å²) in [6.45, 7) is 0. The maximum atomic E-state index is 2.42. The molecule has 0 amide bonds. The van der Waals surface area contributed by atoms with Crippen LogP contribution in [0.2, 0.25) is 0 Å². The number of thioether (sulfide) groups is 1. The van der Waals surface area contributed by atoms with E-state index in [1.807, 2.05) is 0 Å². The van der Waals surface area contributed by atoms with Crippen LogP contribution in [-0.4, -0.2) is 11.5 Å². The summed E-state index contributed by atoms with van der Waals surface area (Å²) in [6, 6.07) is 0. The van der Waals surface area contributed by atoms with Gasteiger partial charge in [-0.15, -0.1) is 0 Å². The average molecular weight is 140 g/mol. The molecule has 0 nitrogen and oxygen atoms in total. The van der Waals surface area contributed by atoms with Crippen LogP contribution in [0.25, 0.3) is 0 Å². The highest BCUT2D eigenvalue weighted by Gasteiger charge is 2.26. The zero-order valence-corrected chi connectivity index (χ0v) is 6.36. The highest BCUT2D eigenvalue weighted by molar-refractivity contribution is 7.99. The Bertz CT molecular complexity index is 129. The van der Waals surface area contributed by atoms with Crippen LogP contribution in [0, 0.1) is 11.8 Å². The summed E-state index contributed by atoms with van der Waals surface area (Å²) in [4.78, 5) is 0. The molecule has 50 valence electrons. The van der Waals surface area contributed by atoms with Crippen molar-refractivity contribution in [2.75, 3.05) is 11.5 Å². The van der Waals surface area contributed by atoms with Gasteiger partial charge in [0.1, 0.15) is 0 Å². The van der Waals surface area contributed by atoms with Crippen molar-refractivity contribution in [3.8, 4) is 0 Å². The van der Waals surface area contributed by atoms with Crippen molar-refractivity contribution in [2.24, 2.45) is 11.8 Å². The monoisotopic (exact) mass is 140 g/mol. The SMILES string of the molecule is C1=C[C@H]2CSC[C@@H]2CC1. The fraction of sp³-hybridized carbons (Fsp3) is 0.750. The van der Waals surface area contributed by atoms with Gasteiger partial charge in [-0.3, -0.25) is 0 Å². The molecule has 1 aliphatic heterocycles. The van der Waals surface area contributed by atoms with E-state index in [4.69, 9.17) is 0 Å². The van der Waals surface area contributed by atoms with Gasteiger partial charge in [-0.2, -0.15) is 11.8 Å². The Hall–Kier alpha value is 0.0900. The molecule has 1 saturated heterocycles. The molecule has 1 heteroatoms. The second kappa shape index (κ2) is 2.37. The molecule has 0 unspecified atom stereocenters. The number of hydrogen-bond acceptors (Lipinski definition) is 1. The van der Waals surface area contributed by atoms with Gasteiger partial charge >= 0.3 is 0 Å². The van der Waals surface area contributed by atoms with E-state index in [-0.39, 0.29) is 0 Å². The van der Waals surface area contributed by atoms with Crippen LogP contribution >= 0.6 is 11.8 Å². The van der Waals surface area contributed by atoms with Crippen LogP contribution in [0.5, 0.6) is 0 Å². The van der Waals surface area contributed by atoms with Crippen molar-refractivity contribution >= 4 is 11.8 Å². The highest BCUT2D eigenvalue weighted by Crippen LogP contribution is 2.36. The lowest BCUT2D eigenvalue weighted by Gasteiger charge is -2.17. The zero-order valence-electron chi connectivity index (χ0n) is 5.55. The van der Waals surface area contributed by atoms with Gasteiger partial charge in [-0.25, -0.2) is 0 Å². The molecule has 0 saturated carbocycles. The summed E-state index contributed by atoms with van der Waals surface area (Å²) in [7, 11) is 0. The predicted octanol–water partition coefficient (Wildman–Crippen LogP) is 2.32. The minimum absolute atomic E-state index is 0.948. The third-order valence-corrected chi connectivity index (χ3v) is 3.62. The molecule has 1 heterocycles. The van der Waals surface area contributed by atoms with Crippen molar-refractivity contribution in [1.82, 2.24) is 0 Å². The van der Waals surface area contributed by atoms with Crippen molar-refractivity contribution in [1.29, 1.82) is 0 Å². The van der Waals surface area contributed by atoms with Gasteiger partial charge in [-0.05, 0) is 36.2 Å². The first-order chi connectivity index (χ1) is 4.47. The Morgan fingerprint density at radius 3 is 3.22 bits per heavy atom. The Morgan fingerprint density at radius 2 is 2.33 bits per heavy atom. The Balaban J connectivity index is 2.10. The molecule has 1 fully saturated rings. The fourth-order valence-corrected chi connectivity index (χ4v) is 3.21. The zero-order chi connectivity index (χ0) is 6.10. The highest BCUT2D eigenvalue weighted by atomic mass is 32.2. The van der Waals surface area contributed by atoms with E-state index in [0.29, 0.717) is 0 Å². The number of allylic oxidation sites excluding steroid dienone is 2. The van der Waals surface area contributed by atoms with Gasteiger partial charge in [0.05, 0.1) is 0 Å². The number of fused-ring (bicyclic) bond motifs is 1. The summed E-state index contributed by atoms with van der Waals surface area (Å²) in [6.07, 6.45) is 7.57. The third kappa shape index (κ3) is 1.03. The largest absolute Gasteiger partial charge is 0.161 e. The topological polar surface area (TPSA) is 0 Å². The van der Waals surface area contributed by atoms with Crippen LogP contribution in [0.3, 0.4) is 0 Å². The molecule has 0 spiro atoms. The van der Waals surface area contributed by atoms with Gasteiger partial charge in [0, 0.05) is 0 Å². The molecular weight excluding hydrogens is 128 g/mol. The van der Waals surface area contributed by atoms with Crippen LogP contribution in [0.1, 0.15) is 12.8 Å². The lowest BCUT2D eigenvalue weighted by atomic mass is 9.87. The van der Waals surface area contributed by atoms with Crippen molar-refractivity contribution in [3.63, 3.8) is 0 Å². The van der Waals surface area contributed by atoms with Gasteiger partial charge in [0.15, 0.2) is 0 Å². The second-order valence-electron chi connectivity index (χ2n) is 2.97. The number of rotatable bonds is 0. The minimum atomic E-state index is 0.948. The maximum Gasteiger partial charge on any atom is -0.000139 e. The van der Waals surface area contributed by atoms with Gasteiger partial charge in [0.25, 0.3) is 0 Å². The molecule has 0 aromatic heterocycles. The average Bonchev–Trinajstić information content (AvgIpc) is 2.33. The van der Waals surface area contributed by atoms with Crippen molar-refractivity contribution in [2.45, 2.75) is 12.8 Å². The molecule has 0 aromatic rings. The lowest BCUT2D eigenvalue weighted by Crippen LogP contribution is -2.12. The molecule has 1 aliphatic carbocycles. The Morgan fingerprint density at radius 1 is 1.33 bits per heavy atom. The van der Waals surface area contributed by atoms with E-state index in [1.165, 1.54) is 24.3 Å². The van der Waals surface area contributed by atoms with Crippen LogP contribution in [0.4, 0.5) is 0 Å². The Kier molecular flexibility index (Phi) is 1.54. The molecule has 2 aliphatic rings. The normalized spacial score (nSPS) is 40.9. The first-order valence-electron chi connectivity index (χ1n) is 3.71. The first-order valence-corrected chi connectivity index (χ1v) is 4.87. The first kappa shape index (κ1) is 5.84. The molecule has 2 rings (SSSR count). The van der Waals surface area contributed by atoms with E-state index < -0.39 is 0 Å². The maximum absolute atomic E-state index is 2.42. The summed E-state index contributed by atoms with van der Waals surface area (Å²) < 4.78 is 0. The van der Waals surface area contributed by atoms with E-state index in [0.717, 1.165) is 11.8 Å².